The number of hydrogen-bond donors (Lipinski definition) is 0. The number of nitrogens with zero attached hydrogens (tertiary/aromatic N) is 3. The van der Waals surface area contributed by atoms with Crippen LogP contribution in [0.15, 0.2) is 47.0 Å². The third kappa shape index (κ3) is 4.49. The third-order valence-electron chi connectivity index (χ3n) is 5.51. The van der Waals surface area contributed by atoms with Crippen LogP contribution in [0.2, 0.25) is 0 Å². The van der Waals surface area contributed by atoms with Gasteiger partial charge in [0.1, 0.15) is 11.6 Å². The molecule has 4 rings (SSSR count). The molecule has 0 saturated carbocycles. The molecule has 0 bridgehead atoms. The number of rotatable bonds is 7. The Bertz CT molecular complexity index is 1040. The first-order valence-corrected chi connectivity index (χ1v) is 10.3. The lowest BCUT2D eigenvalue weighted by Crippen LogP contribution is -2.49. The highest BCUT2D eigenvalue weighted by molar-refractivity contribution is 5.79. The summed E-state index contributed by atoms with van der Waals surface area (Å²) in [5, 5.41) is 4.02. The maximum Gasteiger partial charge on any atom is 0.258 e. The van der Waals surface area contributed by atoms with E-state index in [1.54, 1.807) is 19.1 Å². The van der Waals surface area contributed by atoms with Gasteiger partial charge in [-0.05, 0) is 43.0 Å². The van der Waals surface area contributed by atoms with E-state index in [4.69, 9.17) is 4.52 Å². The van der Waals surface area contributed by atoms with Gasteiger partial charge in [0.25, 0.3) is 5.89 Å². The zero-order chi connectivity index (χ0) is 21.3. The van der Waals surface area contributed by atoms with E-state index in [1.807, 2.05) is 12.1 Å². The molecule has 1 aliphatic heterocycles. The number of benzene rings is 2. The molecule has 1 fully saturated rings. The van der Waals surface area contributed by atoms with Crippen LogP contribution in [-0.2, 0) is 17.8 Å². The van der Waals surface area contributed by atoms with E-state index in [1.165, 1.54) is 11.6 Å². The molecule has 1 aliphatic rings. The summed E-state index contributed by atoms with van der Waals surface area (Å²) in [6.07, 6.45) is 1.02. The lowest BCUT2D eigenvalue weighted by atomic mass is 9.95. The van der Waals surface area contributed by atoms with Crippen molar-refractivity contribution in [3.05, 3.63) is 59.4 Å². The van der Waals surface area contributed by atoms with Gasteiger partial charge in [0.05, 0.1) is 0 Å². The van der Waals surface area contributed by atoms with E-state index in [0.717, 1.165) is 12.0 Å². The van der Waals surface area contributed by atoms with Gasteiger partial charge in [-0.25, -0.2) is 4.39 Å². The van der Waals surface area contributed by atoms with Crippen molar-refractivity contribution in [2.24, 2.45) is 11.8 Å². The summed E-state index contributed by atoms with van der Waals surface area (Å²) in [6, 6.07) is 13.1. The fourth-order valence-electron chi connectivity index (χ4n) is 3.72. The van der Waals surface area contributed by atoms with Crippen LogP contribution in [0.5, 0.6) is 0 Å². The van der Waals surface area contributed by atoms with Gasteiger partial charge in [0, 0.05) is 42.2 Å². The van der Waals surface area contributed by atoms with Crippen LogP contribution in [0.1, 0.15) is 31.9 Å². The van der Waals surface area contributed by atoms with Gasteiger partial charge >= 0.3 is 0 Å². The van der Waals surface area contributed by atoms with Crippen molar-refractivity contribution in [3.63, 3.8) is 0 Å². The molecule has 156 valence electrons. The second kappa shape index (κ2) is 8.48. The number of carbonyl (C=O) groups is 1. The predicted molar refractivity (Wildman–Crippen MR) is 113 cm³/mol. The molecule has 0 unspecified atom stereocenters. The second-order valence-electron chi connectivity index (χ2n) is 8.53. The van der Waals surface area contributed by atoms with E-state index in [2.05, 4.69) is 41.0 Å². The van der Waals surface area contributed by atoms with Crippen LogP contribution >= 0.6 is 0 Å². The van der Waals surface area contributed by atoms with Gasteiger partial charge in [-0.1, -0.05) is 43.3 Å². The van der Waals surface area contributed by atoms with Gasteiger partial charge in [-0.2, -0.15) is 4.98 Å². The van der Waals surface area contributed by atoms with Gasteiger partial charge < -0.3 is 4.52 Å². The number of halogens is 1. The fraction of sp³-hybridized carbons (Fsp3) is 0.375. The van der Waals surface area contributed by atoms with Crippen molar-refractivity contribution in [1.82, 2.24) is 15.0 Å². The molecule has 1 aromatic heterocycles. The van der Waals surface area contributed by atoms with Crippen LogP contribution < -0.4 is 0 Å². The Labute approximate surface area is 175 Å². The lowest BCUT2D eigenvalue weighted by Gasteiger charge is -2.37. The molecule has 3 aromatic rings. The number of hydrogen-bond acceptors (Lipinski definition) is 5. The van der Waals surface area contributed by atoms with Crippen LogP contribution in [0, 0.1) is 17.7 Å². The van der Waals surface area contributed by atoms with Crippen LogP contribution in [0.3, 0.4) is 0 Å². The van der Waals surface area contributed by atoms with E-state index in [0.29, 0.717) is 48.4 Å². The maximum atomic E-state index is 14.6. The molecule has 0 atom stereocenters. The SMILES string of the molecule is CC(=O)C1CN(Cc2ccc(-c3noc(-c4ccc(CC(C)C)cc4)n3)cc2F)C1. The summed E-state index contributed by atoms with van der Waals surface area (Å²) in [7, 11) is 0. The summed E-state index contributed by atoms with van der Waals surface area (Å²) in [5.74, 6) is 1.36. The Kier molecular flexibility index (Phi) is 5.77. The first kappa shape index (κ1) is 20.4. The molecule has 5 nitrogen and oxygen atoms in total. The van der Waals surface area contributed by atoms with Gasteiger partial charge in [-0.3, -0.25) is 9.69 Å². The van der Waals surface area contributed by atoms with E-state index < -0.39 is 0 Å². The van der Waals surface area contributed by atoms with Crippen molar-refractivity contribution in [1.29, 1.82) is 0 Å². The van der Waals surface area contributed by atoms with Crippen molar-refractivity contribution >= 4 is 5.78 Å². The molecule has 2 heterocycles. The van der Waals surface area contributed by atoms with Crippen LogP contribution in [0.25, 0.3) is 22.8 Å². The van der Waals surface area contributed by atoms with Crippen LogP contribution in [-0.4, -0.2) is 33.9 Å². The Morgan fingerprint density at radius 1 is 1.17 bits per heavy atom. The molecule has 30 heavy (non-hydrogen) atoms. The number of ketones is 1. The van der Waals surface area contributed by atoms with E-state index in [-0.39, 0.29) is 17.5 Å². The van der Waals surface area contributed by atoms with Crippen molar-refractivity contribution in [3.8, 4) is 22.8 Å². The van der Waals surface area contributed by atoms with Gasteiger partial charge in [-0.15, -0.1) is 0 Å². The summed E-state index contributed by atoms with van der Waals surface area (Å²) >= 11 is 0. The molecule has 0 amide bonds. The average Bonchev–Trinajstić information content (AvgIpc) is 3.15. The minimum Gasteiger partial charge on any atom is -0.334 e. The predicted octanol–water partition coefficient (Wildman–Crippen LogP) is 4.76. The quantitative estimate of drug-likeness (QED) is 0.565. The zero-order valence-electron chi connectivity index (χ0n) is 17.6. The molecule has 0 aliphatic carbocycles. The molecule has 0 spiro atoms. The minimum atomic E-state index is -0.303. The molecular weight excluding hydrogens is 381 g/mol. The zero-order valence-corrected chi connectivity index (χ0v) is 17.6. The Morgan fingerprint density at radius 3 is 2.50 bits per heavy atom. The summed E-state index contributed by atoms with van der Waals surface area (Å²) in [4.78, 5) is 17.8. The fourth-order valence-corrected chi connectivity index (χ4v) is 3.72. The third-order valence-corrected chi connectivity index (χ3v) is 5.51. The second-order valence-corrected chi connectivity index (χ2v) is 8.53. The summed E-state index contributed by atoms with van der Waals surface area (Å²) in [6.45, 7) is 7.87. The minimum absolute atomic E-state index is 0.0875. The lowest BCUT2D eigenvalue weighted by molar-refractivity contribution is -0.126. The molecule has 0 N–H and O–H groups in total. The van der Waals surface area contributed by atoms with Crippen molar-refractivity contribution in [2.45, 2.75) is 33.7 Å². The normalized spacial score (nSPS) is 14.8. The van der Waals surface area contributed by atoms with Crippen molar-refractivity contribution in [2.75, 3.05) is 13.1 Å². The summed E-state index contributed by atoms with van der Waals surface area (Å²) < 4.78 is 20.0. The first-order valence-electron chi connectivity index (χ1n) is 10.3. The molecule has 0 radical (unpaired) electrons. The van der Waals surface area contributed by atoms with Crippen LogP contribution in [0.4, 0.5) is 4.39 Å². The number of aromatic nitrogens is 2. The highest BCUT2D eigenvalue weighted by atomic mass is 19.1. The Balaban J connectivity index is 1.44. The van der Waals surface area contributed by atoms with Crippen molar-refractivity contribution < 1.29 is 13.7 Å². The average molecular weight is 407 g/mol. The largest absolute Gasteiger partial charge is 0.334 e. The molecular formula is C24H26FN3O2. The standard InChI is InChI=1S/C24H26FN3O2/c1-15(2)10-17-4-6-18(7-5-17)24-26-23(27-30-24)19-8-9-20(22(25)11-19)12-28-13-21(14-28)16(3)29/h4-9,11,15,21H,10,12-14H2,1-3H3. The highest BCUT2D eigenvalue weighted by Gasteiger charge is 2.30. The topological polar surface area (TPSA) is 59.2 Å². The number of carbonyl (C=O) groups excluding carboxylic acids is 1. The Morgan fingerprint density at radius 2 is 1.87 bits per heavy atom. The summed E-state index contributed by atoms with van der Waals surface area (Å²) in [5.41, 5.74) is 3.29. The monoisotopic (exact) mass is 407 g/mol. The maximum absolute atomic E-state index is 14.6. The van der Waals surface area contributed by atoms with Gasteiger partial charge in [0.15, 0.2) is 0 Å². The number of likely N-dealkylation sites (tertiary alicyclic amines) is 1. The van der Waals surface area contributed by atoms with E-state index >= 15 is 0 Å². The van der Waals surface area contributed by atoms with E-state index in [9.17, 15) is 9.18 Å². The molecule has 1 saturated heterocycles. The highest BCUT2D eigenvalue weighted by Crippen LogP contribution is 2.26. The number of Topliss-reactive ketones (excluding diaryl/α,β-unsaturated/α-hetero) is 1. The first-order chi connectivity index (χ1) is 14.4. The smallest absolute Gasteiger partial charge is 0.258 e. The van der Waals surface area contributed by atoms with Gasteiger partial charge in [0.2, 0.25) is 5.82 Å². The Hall–Kier alpha value is -2.86. The molecule has 6 heteroatoms. The molecule has 2 aromatic carbocycles.